The Bertz CT molecular complexity index is 521. The molecule has 2 heterocycles. The maximum Gasteiger partial charge on any atom is 0.256 e. The lowest BCUT2D eigenvalue weighted by Gasteiger charge is -2.15. The van der Waals surface area contributed by atoms with E-state index in [1.807, 2.05) is 0 Å². The Labute approximate surface area is 112 Å². The molecule has 1 aromatic rings. The molecule has 1 amide bonds. The smallest absolute Gasteiger partial charge is 0.256 e. The number of carbonyl (C=O) groups excluding carboxylic acids is 1. The molecule has 0 radical (unpaired) electrons. The van der Waals surface area contributed by atoms with Crippen molar-refractivity contribution in [2.75, 3.05) is 19.6 Å². The van der Waals surface area contributed by atoms with Gasteiger partial charge in [-0.15, -0.1) is 0 Å². The van der Waals surface area contributed by atoms with Gasteiger partial charge in [-0.2, -0.15) is 0 Å². The molecule has 3 rings (SSSR count). The van der Waals surface area contributed by atoms with Gasteiger partial charge in [0.25, 0.3) is 5.91 Å². The number of pyridine rings is 1. The van der Waals surface area contributed by atoms with Crippen molar-refractivity contribution in [2.24, 2.45) is 5.92 Å². The fraction of sp³-hybridized carbons (Fsp3) is 0.571. The van der Waals surface area contributed by atoms with Crippen LogP contribution in [0.15, 0.2) is 23.3 Å². The van der Waals surface area contributed by atoms with E-state index in [9.17, 15) is 9.59 Å². The molecule has 2 aliphatic rings. The number of likely N-dealkylation sites (tertiary alicyclic amines) is 1. The molecule has 19 heavy (non-hydrogen) atoms. The van der Waals surface area contributed by atoms with E-state index in [1.54, 1.807) is 0 Å². The summed E-state index contributed by atoms with van der Waals surface area (Å²) < 4.78 is 0. The van der Waals surface area contributed by atoms with E-state index < -0.39 is 0 Å². The third kappa shape index (κ3) is 2.87. The van der Waals surface area contributed by atoms with Crippen LogP contribution in [0.3, 0.4) is 0 Å². The van der Waals surface area contributed by atoms with E-state index in [1.165, 1.54) is 31.3 Å². The topological polar surface area (TPSA) is 65.2 Å². The number of aromatic nitrogens is 1. The van der Waals surface area contributed by atoms with Crippen LogP contribution in [0, 0.1) is 5.92 Å². The first kappa shape index (κ1) is 12.4. The molecule has 1 saturated heterocycles. The molecule has 1 aliphatic carbocycles. The third-order valence-corrected chi connectivity index (χ3v) is 4.00. The van der Waals surface area contributed by atoms with Crippen molar-refractivity contribution in [3.05, 3.63) is 34.2 Å². The SMILES string of the molecule is O=C(NCC1CCN(C2CC2)C1)c1c[nH]ccc1=O. The number of rotatable bonds is 4. The zero-order valence-electron chi connectivity index (χ0n) is 10.9. The van der Waals surface area contributed by atoms with Crippen LogP contribution in [0.25, 0.3) is 0 Å². The fourth-order valence-corrected chi connectivity index (χ4v) is 2.73. The molecule has 0 spiro atoms. The highest BCUT2D eigenvalue weighted by Gasteiger charge is 2.34. The summed E-state index contributed by atoms with van der Waals surface area (Å²) in [6.07, 6.45) is 6.80. The van der Waals surface area contributed by atoms with Crippen molar-refractivity contribution in [1.82, 2.24) is 15.2 Å². The first-order valence-corrected chi connectivity index (χ1v) is 6.93. The first-order valence-electron chi connectivity index (χ1n) is 6.93. The molecular weight excluding hydrogens is 242 g/mol. The molecular formula is C14H19N3O2. The number of hydrogen-bond acceptors (Lipinski definition) is 3. The predicted molar refractivity (Wildman–Crippen MR) is 72.1 cm³/mol. The Balaban J connectivity index is 1.51. The van der Waals surface area contributed by atoms with Gasteiger partial charge in [-0.1, -0.05) is 0 Å². The third-order valence-electron chi connectivity index (χ3n) is 4.00. The van der Waals surface area contributed by atoms with Crippen LogP contribution in [-0.4, -0.2) is 41.5 Å². The molecule has 2 fully saturated rings. The van der Waals surface area contributed by atoms with Gasteiger partial charge in [-0.05, 0) is 31.7 Å². The minimum absolute atomic E-state index is 0.194. The lowest BCUT2D eigenvalue weighted by Crippen LogP contribution is -2.33. The van der Waals surface area contributed by atoms with Crippen LogP contribution in [0.4, 0.5) is 0 Å². The molecule has 102 valence electrons. The summed E-state index contributed by atoms with van der Waals surface area (Å²) in [5.41, 5.74) is -0.0400. The fourth-order valence-electron chi connectivity index (χ4n) is 2.73. The number of aromatic amines is 1. The second-order valence-electron chi connectivity index (χ2n) is 5.51. The Hall–Kier alpha value is -1.62. The van der Waals surface area contributed by atoms with Gasteiger partial charge >= 0.3 is 0 Å². The number of amides is 1. The van der Waals surface area contributed by atoms with Crippen molar-refractivity contribution in [1.29, 1.82) is 0 Å². The van der Waals surface area contributed by atoms with Gasteiger partial charge in [0.1, 0.15) is 5.56 Å². The molecule has 5 heteroatoms. The van der Waals surface area contributed by atoms with E-state index in [-0.39, 0.29) is 16.9 Å². The Morgan fingerprint density at radius 3 is 3.00 bits per heavy atom. The maximum atomic E-state index is 11.9. The summed E-state index contributed by atoms with van der Waals surface area (Å²) in [6.45, 7) is 2.89. The largest absolute Gasteiger partial charge is 0.367 e. The van der Waals surface area contributed by atoms with E-state index in [0.29, 0.717) is 12.5 Å². The van der Waals surface area contributed by atoms with Crippen LogP contribution < -0.4 is 10.7 Å². The molecule has 1 aromatic heterocycles. The first-order chi connectivity index (χ1) is 9.24. The Morgan fingerprint density at radius 1 is 1.42 bits per heavy atom. The van der Waals surface area contributed by atoms with Crippen LogP contribution in [-0.2, 0) is 0 Å². The molecule has 5 nitrogen and oxygen atoms in total. The number of hydrogen-bond donors (Lipinski definition) is 2. The number of nitrogens with one attached hydrogen (secondary N) is 2. The lowest BCUT2D eigenvalue weighted by atomic mass is 10.1. The zero-order valence-corrected chi connectivity index (χ0v) is 10.9. The normalized spacial score (nSPS) is 23.5. The van der Waals surface area contributed by atoms with Gasteiger partial charge in [0.05, 0.1) is 0 Å². The molecule has 1 atom stereocenters. The number of nitrogens with zero attached hydrogens (tertiary/aromatic N) is 1. The van der Waals surface area contributed by atoms with E-state index in [0.717, 1.165) is 25.6 Å². The standard InChI is InChI=1S/C14H19N3O2/c18-13-3-5-15-8-12(13)14(19)16-7-10-4-6-17(9-10)11-1-2-11/h3,5,8,10-11H,1-2,4,6-7,9H2,(H,15,18)(H,16,19). The van der Waals surface area contributed by atoms with Gasteiger partial charge in [-0.25, -0.2) is 0 Å². The summed E-state index contributed by atoms with van der Waals surface area (Å²) in [5, 5.41) is 2.88. The number of carbonyl (C=O) groups is 1. The summed E-state index contributed by atoms with van der Waals surface area (Å²) in [4.78, 5) is 28.7. The number of H-pyrrole nitrogens is 1. The van der Waals surface area contributed by atoms with Gasteiger partial charge in [-0.3, -0.25) is 9.59 Å². The average molecular weight is 261 g/mol. The predicted octanol–water partition coefficient (Wildman–Crippen LogP) is 0.589. The molecule has 1 unspecified atom stereocenters. The molecule has 1 aliphatic heterocycles. The summed E-state index contributed by atoms with van der Waals surface area (Å²) in [5.74, 6) is 0.249. The Morgan fingerprint density at radius 2 is 2.26 bits per heavy atom. The van der Waals surface area contributed by atoms with Crippen molar-refractivity contribution >= 4 is 5.91 Å². The van der Waals surface area contributed by atoms with Crippen LogP contribution in [0.5, 0.6) is 0 Å². The van der Waals surface area contributed by atoms with E-state index in [2.05, 4.69) is 15.2 Å². The van der Waals surface area contributed by atoms with Gasteiger partial charge in [0.2, 0.25) is 0 Å². The molecule has 2 N–H and O–H groups in total. The quantitative estimate of drug-likeness (QED) is 0.833. The van der Waals surface area contributed by atoms with Crippen molar-refractivity contribution in [3.8, 4) is 0 Å². The molecule has 0 bridgehead atoms. The molecule has 1 saturated carbocycles. The van der Waals surface area contributed by atoms with Crippen molar-refractivity contribution in [3.63, 3.8) is 0 Å². The van der Waals surface area contributed by atoms with Crippen molar-refractivity contribution in [2.45, 2.75) is 25.3 Å². The van der Waals surface area contributed by atoms with Crippen LogP contribution in [0.1, 0.15) is 29.6 Å². The highest BCUT2D eigenvalue weighted by atomic mass is 16.2. The van der Waals surface area contributed by atoms with E-state index >= 15 is 0 Å². The van der Waals surface area contributed by atoms with Gasteiger partial charge < -0.3 is 15.2 Å². The second kappa shape index (κ2) is 5.17. The maximum absolute atomic E-state index is 11.9. The monoisotopic (exact) mass is 261 g/mol. The summed E-state index contributed by atoms with van der Waals surface area (Å²) in [6, 6.07) is 2.18. The lowest BCUT2D eigenvalue weighted by molar-refractivity contribution is 0.0946. The molecule has 0 aromatic carbocycles. The van der Waals surface area contributed by atoms with Crippen molar-refractivity contribution < 1.29 is 4.79 Å². The van der Waals surface area contributed by atoms with Crippen LogP contribution >= 0.6 is 0 Å². The van der Waals surface area contributed by atoms with Gasteiger partial charge in [0.15, 0.2) is 5.43 Å². The average Bonchev–Trinajstić information content (AvgIpc) is 3.16. The second-order valence-corrected chi connectivity index (χ2v) is 5.51. The Kier molecular flexibility index (Phi) is 3.38. The highest BCUT2D eigenvalue weighted by Crippen LogP contribution is 2.31. The van der Waals surface area contributed by atoms with E-state index in [4.69, 9.17) is 0 Å². The summed E-state index contributed by atoms with van der Waals surface area (Å²) in [7, 11) is 0. The van der Waals surface area contributed by atoms with Gasteiger partial charge in [0, 0.05) is 37.6 Å². The minimum Gasteiger partial charge on any atom is -0.367 e. The summed E-state index contributed by atoms with van der Waals surface area (Å²) >= 11 is 0. The minimum atomic E-state index is -0.272. The highest BCUT2D eigenvalue weighted by molar-refractivity contribution is 5.93. The zero-order chi connectivity index (χ0) is 13.2. The van der Waals surface area contributed by atoms with Crippen LogP contribution in [0.2, 0.25) is 0 Å².